The summed E-state index contributed by atoms with van der Waals surface area (Å²) >= 11 is 0. The summed E-state index contributed by atoms with van der Waals surface area (Å²) in [7, 11) is 0. The summed E-state index contributed by atoms with van der Waals surface area (Å²) in [6.45, 7) is 6.81. The van der Waals surface area contributed by atoms with E-state index in [9.17, 15) is 9.59 Å². The van der Waals surface area contributed by atoms with Crippen LogP contribution in [0.4, 0.5) is 0 Å². The lowest BCUT2D eigenvalue weighted by atomic mass is 10.1. The van der Waals surface area contributed by atoms with Crippen LogP contribution >= 0.6 is 0 Å². The van der Waals surface area contributed by atoms with Crippen LogP contribution in [0.25, 0.3) is 0 Å². The molecule has 3 rings (SSSR count). The van der Waals surface area contributed by atoms with Crippen molar-refractivity contribution < 1.29 is 14.3 Å². The standard InChI is InChI=1S/C27H36N2O3/c1-20-10-14-23(15-11-20)19-29(22(3)27(31)28-24-7-4-5-8-24)26(30)9-6-18-32-25-16-12-21(2)13-17-25/h10-17,22,24H,4-9,18-19H2,1-3H3,(H,28,31)/t22-/m1/s1. The predicted molar refractivity (Wildman–Crippen MR) is 127 cm³/mol. The van der Waals surface area contributed by atoms with E-state index in [1.54, 1.807) is 4.90 Å². The van der Waals surface area contributed by atoms with Crippen molar-refractivity contribution in [1.29, 1.82) is 0 Å². The lowest BCUT2D eigenvalue weighted by molar-refractivity contribution is -0.141. The number of hydrogen-bond donors (Lipinski definition) is 1. The first-order valence-corrected chi connectivity index (χ1v) is 11.8. The Morgan fingerprint density at radius 1 is 1.00 bits per heavy atom. The molecule has 1 fully saturated rings. The van der Waals surface area contributed by atoms with Crippen LogP contribution < -0.4 is 10.1 Å². The van der Waals surface area contributed by atoms with Crippen LogP contribution in [0, 0.1) is 13.8 Å². The van der Waals surface area contributed by atoms with E-state index in [4.69, 9.17) is 4.74 Å². The van der Waals surface area contributed by atoms with Gasteiger partial charge < -0.3 is 15.0 Å². The Morgan fingerprint density at radius 2 is 1.59 bits per heavy atom. The fourth-order valence-corrected chi connectivity index (χ4v) is 4.06. The molecular formula is C27H36N2O3. The highest BCUT2D eigenvalue weighted by atomic mass is 16.5. The number of nitrogens with one attached hydrogen (secondary N) is 1. The number of aryl methyl sites for hydroxylation is 2. The van der Waals surface area contributed by atoms with Crippen LogP contribution in [0.2, 0.25) is 0 Å². The first-order chi connectivity index (χ1) is 15.4. The van der Waals surface area contributed by atoms with Crippen molar-refractivity contribution in [2.45, 2.75) is 77.9 Å². The molecule has 1 aliphatic rings. The maximum absolute atomic E-state index is 13.1. The number of ether oxygens (including phenoxy) is 1. The summed E-state index contributed by atoms with van der Waals surface area (Å²) in [4.78, 5) is 27.8. The average molecular weight is 437 g/mol. The summed E-state index contributed by atoms with van der Waals surface area (Å²) < 4.78 is 5.77. The van der Waals surface area contributed by atoms with Gasteiger partial charge in [-0.15, -0.1) is 0 Å². The van der Waals surface area contributed by atoms with Crippen molar-refractivity contribution in [3.8, 4) is 5.75 Å². The lowest BCUT2D eigenvalue weighted by Crippen LogP contribution is -2.49. The third-order valence-electron chi connectivity index (χ3n) is 6.17. The molecule has 0 bridgehead atoms. The van der Waals surface area contributed by atoms with E-state index in [0.717, 1.165) is 37.0 Å². The number of rotatable bonds is 10. The van der Waals surface area contributed by atoms with Crippen molar-refractivity contribution in [2.24, 2.45) is 0 Å². The van der Waals surface area contributed by atoms with Crippen molar-refractivity contribution in [2.75, 3.05) is 6.61 Å². The van der Waals surface area contributed by atoms with Gasteiger partial charge in [-0.25, -0.2) is 0 Å². The van der Waals surface area contributed by atoms with Gasteiger partial charge in [-0.2, -0.15) is 0 Å². The van der Waals surface area contributed by atoms with Crippen LogP contribution in [0.1, 0.15) is 62.1 Å². The number of nitrogens with zero attached hydrogens (tertiary/aromatic N) is 1. The number of benzene rings is 2. The molecule has 0 heterocycles. The molecule has 32 heavy (non-hydrogen) atoms. The minimum Gasteiger partial charge on any atom is -0.494 e. The summed E-state index contributed by atoms with van der Waals surface area (Å²) in [6, 6.07) is 15.8. The van der Waals surface area contributed by atoms with Crippen LogP contribution in [-0.4, -0.2) is 35.4 Å². The zero-order valence-electron chi connectivity index (χ0n) is 19.6. The minimum atomic E-state index is -0.512. The third-order valence-corrected chi connectivity index (χ3v) is 6.17. The second-order valence-corrected chi connectivity index (χ2v) is 8.94. The van der Waals surface area contributed by atoms with Crippen molar-refractivity contribution >= 4 is 11.8 Å². The molecule has 0 unspecified atom stereocenters. The number of hydrogen-bond acceptors (Lipinski definition) is 3. The first kappa shape index (κ1) is 23.8. The van der Waals surface area contributed by atoms with Crippen molar-refractivity contribution in [1.82, 2.24) is 10.2 Å². The molecule has 0 aromatic heterocycles. The third kappa shape index (κ3) is 7.11. The maximum atomic E-state index is 13.1. The molecule has 1 N–H and O–H groups in total. The fraction of sp³-hybridized carbons (Fsp3) is 0.481. The summed E-state index contributed by atoms with van der Waals surface area (Å²) in [5.41, 5.74) is 3.39. The van der Waals surface area contributed by atoms with Crippen molar-refractivity contribution in [3.05, 3.63) is 65.2 Å². The van der Waals surface area contributed by atoms with Gasteiger partial charge in [-0.3, -0.25) is 9.59 Å². The topological polar surface area (TPSA) is 58.6 Å². The van der Waals surface area contributed by atoms with Crippen LogP contribution in [-0.2, 0) is 16.1 Å². The Kier molecular flexibility index (Phi) is 8.72. The molecule has 172 valence electrons. The highest BCUT2D eigenvalue weighted by molar-refractivity contribution is 5.87. The monoisotopic (exact) mass is 436 g/mol. The highest BCUT2D eigenvalue weighted by Crippen LogP contribution is 2.19. The summed E-state index contributed by atoms with van der Waals surface area (Å²) in [5, 5.41) is 3.14. The SMILES string of the molecule is Cc1ccc(CN(C(=O)CCCOc2ccc(C)cc2)[C@H](C)C(=O)NC2CCCC2)cc1. The maximum Gasteiger partial charge on any atom is 0.242 e. The second-order valence-electron chi connectivity index (χ2n) is 8.94. The van der Waals surface area contributed by atoms with Gasteiger partial charge in [0.25, 0.3) is 0 Å². The molecular weight excluding hydrogens is 400 g/mol. The van der Waals surface area contributed by atoms with E-state index in [2.05, 4.69) is 5.32 Å². The second kappa shape index (κ2) is 11.7. The largest absolute Gasteiger partial charge is 0.494 e. The molecule has 1 atom stereocenters. The van der Waals surface area contributed by atoms with Gasteiger partial charge in [0.2, 0.25) is 11.8 Å². The van der Waals surface area contributed by atoms with E-state index < -0.39 is 6.04 Å². The molecule has 2 amide bonds. The van der Waals surface area contributed by atoms with Gasteiger partial charge in [0.1, 0.15) is 11.8 Å². The molecule has 0 spiro atoms. The van der Waals surface area contributed by atoms with Gasteiger partial charge in [-0.05, 0) is 57.7 Å². The number of carbonyl (C=O) groups excluding carboxylic acids is 2. The molecule has 0 aliphatic heterocycles. The molecule has 2 aromatic carbocycles. The Balaban J connectivity index is 1.59. The molecule has 1 saturated carbocycles. The fourth-order valence-electron chi connectivity index (χ4n) is 4.06. The van der Waals surface area contributed by atoms with Gasteiger partial charge in [0, 0.05) is 19.0 Å². The van der Waals surface area contributed by atoms with E-state index in [-0.39, 0.29) is 17.9 Å². The Bertz CT molecular complexity index is 871. The van der Waals surface area contributed by atoms with E-state index >= 15 is 0 Å². The highest BCUT2D eigenvalue weighted by Gasteiger charge is 2.28. The van der Waals surface area contributed by atoms with Gasteiger partial charge >= 0.3 is 0 Å². The summed E-state index contributed by atoms with van der Waals surface area (Å²) in [5.74, 6) is 0.726. The molecule has 0 saturated heterocycles. The first-order valence-electron chi connectivity index (χ1n) is 11.8. The summed E-state index contributed by atoms with van der Waals surface area (Å²) in [6.07, 6.45) is 5.33. The Labute approximate surface area is 192 Å². The normalized spacial score (nSPS) is 14.7. The Hall–Kier alpha value is -2.82. The van der Waals surface area contributed by atoms with E-state index in [0.29, 0.717) is 26.0 Å². The molecule has 1 aliphatic carbocycles. The van der Waals surface area contributed by atoms with E-state index in [1.807, 2.05) is 69.3 Å². The zero-order chi connectivity index (χ0) is 22.9. The number of amides is 2. The molecule has 5 nitrogen and oxygen atoms in total. The minimum absolute atomic E-state index is 0.0212. The average Bonchev–Trinajstić information content (AvgIpc) is 3.30. The number of carbonyl (C=O) groups is 2. The van der Waals surface area contributed by atoms with Crippen molar-refractivity contribution in [3.63, 3.8) is 0 Å². The molecule has 2 aromatic rings. The quantitative estimate of drug-likeness (QED) is 0.537. The van der Waals surface area contributed by atoms with Gasteiger partial charge in [-0.1, -0.05) is 60.4 Å². The smallest absolute Gasteiger partial charge is 0.242 e. The zero-order valence-corrected chi connectivity index (χ0v) is 19.6. The lowest BCUT2D eigenvalue weighted by Gasteiger charge is -2.30. The molecule has 0 radical (unpaired) electrons. The predicted octanol–water partition coefficient (Wildman–Crippen LogP) is 4.94. The Morgan fingerprint density at radius 3 is 2.22 bits per heavy atom. The van der Waals surface area contributed by atoms with Crippen LogP contribution in [0.15, 0.2) is 48.5 Å². The molecule has 5 heteroatoms. The van der Waals surface area contributed by atoms with Crippen LogP contribution in [0.5, 0.6) is 5.75 Å². The van der Waals surface area contributed by atoms with Gasteiger partial charge in [0.05, 0.1) is 6.61 Å². The van der Waals surface area contributed by atoms with E-state index in [1.165, 1.54) is 11.1 Å². The van der Waals surface area contributed by atoms with Crippen LogP contribution in [0.3, 0.4) is 0 Å². The van der Waals surface area contributed by atoms with Gasteiger partial charge in [0.15, 0.2) is 0 Å².